The van der Waals surface area contributed by atoms with Gasteiger partial charge in [0.05, 0.1) is 28.8 Å². The summed E-state index contributed by atoms with van der Waals surface area (Å²) < 4.78 is 7.21. The third kappa shape index (κ3) is 4.17. The number of nitrogens with one attached hydrogen (secondary N) is 1. The van der Waals surface area contributed by atoms with Gasteiger partial charge in [0.25, 0.3) is 5.91 Å². The van der Waals surface area contributed by atoms with Gasteiger partial charge >= 0.3 is 0 Å². The topological polar surface area (TPSA) is 85.8 Å². The monoisotopic (exact) mass is 407 g/mol. The Bertz CT molecular complexity index is 1150. The van der Waals surface area contributed by atoms with Crippen LogP contribution in [-0.4, -0.2) is 25.6 Å². The van der Waals surface area contributed by atoms with Crippen LogP contribution >= 0.6 is 11.8 Å². The van der Waals surface area contributed by atoms with Gasteiger partial charge in [0.2, 0.25) is 0 Å². The fraction of sp³-hybridized carbons (Fsp3) is 0.238. The van der Waals surface area contributed by atoms with Crippen molar-refractivity contribution in [3.63, 3.8) is 0 Å². The number of hydrogen-bond acceptors (Lipinski definition) is 6. The van der Waals surface area contributed by atoms with Gasteiger partial charge in [-0.3, -0.25) is 4.79 Å². The molecule has 0 unspecified atom stereocenters. The molecule has 0 aliphatic heterocycles. The Balaban J connectivity index is 1.48. The van der Waals surface area contributed by atoms with Crippen LogP contribution in [0.1, 0.15) is 34.6 Å². The summed E-state index contributed by atoms with van der Waals surface area (Å²) in [6.07, 6.45) is 1.68. The fourth-order valence-corrected chi connectivity index (χ4v) is 4.05. The average molecular weight is 407 g/mol. The molecule has 4 rings (SSSR count). The molecule has 1 aromatic carbocycles. The maximum atomic E-state index is 12.8. The van der Waals surface area contributed by atoms with E-state index in [9.17, 15) is 4.79 Å². The number of imidazole rings is 1. The SMILES string of the molecule is CCn1c(CNC(=O)c2cccnc2SCc2cc(C)on2)nc2ccccc21. The zero-order valence-corrected chi connectivity index (χ0v) is 17.1. The van der Waals surface area contributed by atoms with Crippen molar-refractivity contribution < 1.29 is 9.32 Å². The highest BCUT2D eigenvalue weighted by atomic mass is 32.2. The van der Waals surface area contributed by atoms with Crippen LogP contribution in [0.15, 0.2) is 58.2 Å². The lowest BCUT2D eigenvalue weighted by molar-refractivity contribution is 0.0946. The third-order valence-electron chi connectivity index (χ3n) is 4.51. The Morgan fingerprint density at radius 2 is 2.10 bits per heavy atom. The van der Waals surface area contributed by atoms with Gasteiger partial charge in [0, 0.05) is 24.6 Å². The van der Waals surface area contributed by atoms with E-state index in [0.29, 0.717) is 22.9 Å². The Morgan fingerprint density at radius 1 is 1.24 bits per heavy atom. The minimum atomic E-state index is -0.174. The molecular weight excluding hydrogens is 386 g/mol. The van der Waals surface area contributed by atoms with Crippen molar-refractivity contribution in [2.24, 2.45) is 0 Å². The van der Waals surface area contributed by atoms with Crippen molar-refractivity contribution in [2.75, 3.05) is 0 Å². The number of amides is 1. The largest absolute Gasteiger partial charge is 0.361 e. The van der Waals surface area contributed by atoms with E-state index in [1.165, 1.54) is 11.8 Å². The highest BCUT2D eigenvalue weighted by Gasteiger charge is 2.15. The van der Waals surface area contributed by atoms with Crippen LogP contribution in [0.4, 0.5) is 0 Å². The molecule has 0 saturated heterocycles. The molecule has 0 aliphatic carbocycles. The molecular formula is C21H21N5O2S. The van der Waals surface area contributed by atoms with Gasteiger partial charge in [-0.2, -0.15) is 0 Å². The third-order valence-corrected chi connectivity index (χ3v) is 5.55. The van der Waals surface area contributed by atoms with E-state index < -0.39 is 0 Å². The summed E-state index contributed by atoms with van der Waals surface area (Å²) >= 11 is 1.46. The minimum Gasteiger partial charge on any atom is -0.361 e. The van der Waals surface area contributed by atoms with Crippen molar-refractivity contribution in [3.05, 3.63) is 71.5 Å². The molecule has 0 saturated carbocycles. The second kappa shape index (κ2) is 8.48. The number of aromatic nitrogens is 4. The van der Waals surface area contributed by atoms with Crippen molar-refractivity contribution in [1.82, 2.24) is 25.0 Å². The van der Waals surface area contributed by atoms with Crippen LogP contribution in [0.3, 0.4) is 0 Å². The molecule has 0 spiro atoms. The number of benzene rings is 1. The van der Waals surface area contributed by atoms with E-state index in [2.05, 4.69) is 31.9 Å². The summed E-state index contributed by atoms with van der Waals surface area (Å²) in [7, 11) is 0. The standard InChI is InChI=1S/C21H21N5O2S/c1-3-26-18-9-5-4-8-17(18)24-19(26)12-23-20(27)16-7-6-10-22-21(16)29-13-15-11-14(2)28-25-15/h4-11H,3,12-13H2,1-2H3,(H,23,27). The molecule has 148 valence electrons. The van der Waals surface area contributed by atoms with Gasteiger partial charge in [-0.15, -0.1) is 0 Å². The molecule has 3 heterocycles. The molecule has 7 nitrogen and oxygen atoms in total. The predicted molar refractivity (Wildman–Crippen MR) is 112 cm³/mol. The number of para-hydroxylation sites is 2. The van der Waals surface area contributed by atoms with Crippen molar-refractivity contribution in [3.8, 4) is 0 Å². The summed E-state index contributed by atoms with van der Waals surface area (Å²) in [6.45, 7) is 5.06. The van der Waals surface area contributed by atoms with E-state index in [0.717, 1.165) is 34.9 Å². The second-order valence-electron chi connectivity index (χ2n) is 6.52. The lowest BCUT2D eigenvalue weighted by Crippen LogP contribution is -2.25. The van der Waals surface area contributed by atoms with Crippen LogP contribution in [0, 0.1) is 6.92 Å². The predicted octanol–water partition coefficient (Wildman–Crippen LogP) is 3.97. The molecule has 0 aliphatic rings. The smallest absolute Gasteiger partial charge is 0.254 e. The summed E-state index contributed by atoms with van der Waals surface area (Å²) in [6, 6.07) is 13.4. The summed E-state index contributed by atoms with van der Waals surface area (Å²) in [5.41, 5.74) is 3.36. The molecule has 1 N–H and O–H groups in total. The van der Waals surface area contributed by atoms with Gasteiger partial charge in [-0.05, 0) is 38.1 Å². The summed E-state index contributed by atoms with van der Waals surface area (Å²) in [5.74, 6) is 2.00. The van der Waals surface area contributed by atoms with Gasteiger partial charge in [0.1, 0.15) is 16.6 Å². The van der Waals surface area contributed by atoms with Crippen LogP contribution < -0.4 is 5.32 Å². The van der Waals surface area contributed by atoms with Gasteiger partial charge in [-0.1, -0.05) is 29.1 Å². The molecule has 29 heavy (non-hydrogen) atoms. The van der Waals surface area contributed by atoms with Crippen LogP contribution in [-0.2, 0) is 18.8 Å². The number of hydrogen-bond donors (Lipinski definition) is 1. The van der Waals surface area contributed by atoms with E-state index in [4.69, 9.17) is 4.52 Å². The van der Waals surface area contributed by atoms with Crippen LogP contribution in [0.5, 0.6) is 0 Å². The first-order chi connectivity index (χ1) is 14.2. The maximum absolute atomic E-state index is 12.8. The van der Waals surface area contributed by atoms with E-state index in [1.807, 2.05) is 37.3 Å². The zero-order chi connectivity index (χ0) is 20.2. The highest BCUT2D eigenvalue weighted by molar-refractivity contribution is 7.98. The molecule has 4 aromatic rings. The number of carbonyl (C=O) groups excluding carboxylic acids is 1. The number of aryl methyl sites for hydroxylation is 2. The van der Waals surface area contributed by atoms with Crippen LogP contribution in [0.2, 0.25) is 0 Å². The molecule has 8 heteroatoms. The Labute approximate surface area is 172 Å². The number of rotatable bonds is 7. The Morgan fingerprint density at radius 3 is 2.90 bits per heavy atom. The van der Waals surface area contributed by atoms with Crippen molar-refractivity contribution in [2.45, 2.75) is 37.7 Å². The highest BCUT2D eigenvalue weighted by Crippen LogP contribution is 2.24. The molecule has 0 fully saturated rings. The number of nitrogens with zero attached hydrogens (tertiary/aromatic N) is 4. The van der Waals surface area contributed by atoms with Crippen molar-refractivity contribution in [1.29, 1.82) is 0 Å². The molecule has 0 bridgehead atoms. The lowest BCUT2D eigenvalue weighted by atomic mass is 10.2. The van der Waals surface area contributed by atoms with Crippen molar-refractivity contribution >= 4 is 28.7 Å². The first kappa shape index (κ1) is 19.2. The first-order valence-corrected chi connectivity index (χ1v) is 10.4. The maximum Gasteiger partial charge on any atom is 0.254 e. The summed E-state index contributed by atoms with van der Waals surface area (Å²) in [4.78, 5) is 21.9. The summed E-state index contributed by atoms with van der Waals surface area (Å²) in [5, 5.41) is 7.63. The first-order valence-electron chi connectivity index (χ1n) is 9.38. The van der Waals surface area contributed by atoms with Gasteiger partial charge in [-0.25, -0.2) is 9.97 Å². The minimum absolute atomic E-state index is 0.174. The van der Waals surface area contributed by atoms with Gasteiger partial charge < -0.3 is 14.4 Å². The van der Waals surface area contributed by atoms with Gasteiger partial charge in [0.15, 0.2) is 0 Å². The number of fused-ring (bicyclic) bond motifs is 1. The number of thioether (sulfide) groups is 1. The number of carbonyl (C=O) groups is 1. The molecule has 1 amide bonds. The second-order valence-corrected chi connectivity index (χ2v) is 7.48. The van der Waals surface area contributed by atoms with E-state index >= 15 is 0 Å². The molecule has 0 radical (unpaired) electrons. The van der Waals surface area contributed by atoms with Crippen LogP contribution in [0.25, 0.3) is 11.0 Å². The van der Waals surface area contributed by atoms with E-state index in [-0.39, 0.29) is 5.91 Å². The quantitative estimate of drug-likeness (QED) is 0.467. The average Bonchev–Trinajstić information content (AvgIpc) is 3.33. The molecule has 3 aromatic heterocycles. The Hall–Kier alpha value is -3.13. The fourth-order valence-electron chi connectivity index (χ4n) is 3.17. The van der Waals surface area contributed by atoms with E-state index in [1.54, 1.807) is 18.3 Å². The zero-order valence-electron chi connectivity index (χ0n) is 16.3. The normalized spacial score (nSPS) is 11.1. The number of pyridine rings is 1. The Kier molecular flexibility index (Phi) is 5.62. The lowest BCUT2D eigenvalue weighted by Gasteiger charge is -2.10. The molecule has 0 atom stereocenters.